The van der Waals surface area contributed by atoms with Crippen molar-refractivity contribution in [2.45, 2.75) is 13.0 Å². The van der Waals surface area contributed by atoms with Gasteiger partial charge in [-0.05, 0) is 47.9 Å². The van der Waals surface area contributed by atoms with Crippen LogP contribution in [-0.4, -0.2) is 24.5 Å². The van der Waals surface area contributed by atoms with Gasteiger partial charge in [0, 0.05) is 30.5 Å². The normalized spacial score (nSPS) is 10.4. The summed E-state index contributed by atoms with van der Waals surface area (Å²) in [6, 6.07) is 17.2. The summed E-state index contributed by atoms with van der Waals surface area (Å²) in [7, 11) is 1.62. The van der Waals surface area contributed by atoms with Gasteiger partial charge in [-0.1, -0.05) is 35.9 Å². The molecule has 0 aliphatic rings. The zero-order chi connectivity index (χ0) is 19.8. The summed E-state index contributed by atoms with van der Waals surface area (Å²) in [6.07, 6.45) is 4.10. The Balaban J connectivity index is 1.52. The Bertz CT molecular complexity index is 929. The first kappa shape index (κ1) is 19.7. The Morgan fingerprint density at radius 3 is 2.64 bits per heavy atom. The third-order valence-corrected chi connectivity index (χ3v) is 4.48. The highest BCUT2D eigenvalue weighted by atomic mass is 35.5. The van der Waals surface area contributed by atoms with E-state index < -0.39 is 0 Å². The van der Waals surface area contributed by atoms with Crippen LogP contribution in [0.3, 0.4) is 0 Å². The van der Waals surface area contributed by atoms with Crippen molar-refractivity contribution in [2.24, 2.45) is 0 Å². The fourth-order valence-corrected chi connectivity index (χ4v) is 2.95. The van der Waals surface area contributed by atoms with Crippen LogP contribution in [0.15, 0.2) is 67.0 Å². The monoisotopic (exact) mass is 395 g/mol. The number of amides is 1. The van der Waals surface area contributed by atoms with E-state index in [4.69, 9.17) is 16.3 Å². The molecule has 5 nitrogen and oxygen atoms in total. The number of carbonyl (C=O) groups is 1. The van der Waals surface area contributed by atoms with E-state index in [1.165, 1.54) is 0 Å². The summed E-state index contributed by atoms with van der Waals surface area (Å²) in [6.45, 7) is 1.16. The molecule has 3 aromatic rings. The maximum absolute atomic E-state index is 12.4. The third kappa shape index (κ3) is 5.72. The molecular weight excluding hydrogens is 374 g/mol. The van der Waals surface area contributed by atoms with Gasteiger partial charge >= 0.3 is 0 Å². The summed E-state index contributed by atoms with van der Waals surface area (Å²) in [5, 5.41) is 6.93. The molecule has 0 fully saturated rings. The molecule has 0 radical (unpaired) electrons. The summed E-state index contributed by atoms with van der Waals surface area (Å²) in [4.78, 5) is 16.6. The van der Waals surface area contributed by atoms with E-state index in [-0.39, 0.29) is 5.91 Å². The lowest BCUT2D eigenvalue weighted by Gasteiger charge is -2.09. The predicted molar refractivity (Wildman–Crippen MR) is 112 cm³/mol. The highest BCUT2D eigenvalue weighted by Crippen LogP contribution is 2.13. The van der Waals surface area contributed by atoms with Crippen LogP contribution < -0.4 is 15.4 Å². The van der Waals surface area contributed by atoms with Gasteiger partial charge in [-0.25, -0.2) is 0 Å². The van der Waals surface area contributed by atoms with Crippen LogP contribution in [0.25, 0.3) is 0 Å². The molecule has 6 heteroatoms. The van der Waals surface area contributed by atoms with Crippen molar-refractivity contribution >= 4 is 23.2 Å². The van der Waals surface area contributed by atoms with Crippen molar-refractivity contribution in [3.05, 3.63) is 88.7 Å². The largest absolute Gasteiger partial charge is 0.497 e. The number of aromatic nitrogens is 1. The number of rotatable bonds is 8. The summed E-state index contributed by atoms with van der Waals surface area (Å²) >= 11 is 6.00. The number of hydrogen-bond donors (Lipinski definition) is 2. The Labute approximate surface area is 169 Å². The van der Waals surface area contributed by atoms with Crippen molar-refractivity contribution in [3.8, 4) is 5.75 Å². The van der Waals surface area contributed by atoms with E-state index in [9.17, 15) is 4.79 Å². The van der Waals surface area contributed by atoms with Gasteiger partial charge in [-0.15, -0.1) is 0 Å². The third-order valence-electron chi connectivity index (χ3n) is 4.24. The lowest BCUT2D eigenvalue weighted by molar-refractivity contribution is 0.0950. The second kappa shape index (κ2) is 9.76. The quantitative estimate of drug-likeness (QED) is 0.596. The highest BCUT2D eigenvalue weighted by molar-refractivity contribution is 6.30. The molecule has 0 spiro atoms. The molecule has 0 atom stereocenters. The highest BCUT2D eigenvalue weighted by Gasteiger charge is 2.07. The average molecular weight is 396 g/mol. The van der Waals surface area contributed by atoms with Crippen LogP contribution in [-0.2, 0) is 13.0 Å². The Morgan fingerprint density at radius 1 is 1.07 bits per heavy atom. The van der Waals surface area contributed by atoms with Gasteiger partial charge in [0.05, 0.1) is 18.4 Å². The Morgan fingerprint density at radius 2 is 1.89 bits per heavy atom. The number of carbonyl (C=O) groups excluding carboxylic acids is 1. The first-order chi connectivity index (χ1) is 13.6. The van der Waals surface area contributed by atoms with Gasteiger partial charge in [-0.3, -0.25) is 9.78 Å². The smallest absolute Gasteiger partial charge is 0.253 e. The average Bonchev–Trinajstić information content (AvgIpc) is 2.73. The summed E-state index contributed by atoms with van der Waals surface area (Å²) in [5.74, 6) is 0.623. The Kier molecular flexibility index (Phi) is 6.87. The number of hydrogen-bond acceptors (Lipinski definition) is 4. The van der Waals surface area contributed by atoms with Gasteiger partial charge in [0.2, 0.25) is 0 Å². The molecule has 3 rings (SSSR count). The maximum Gasteiger partial charge on any atom is 0.253 e. The molecular formula is C22H22ClN3O2. The molecule has 28 heavy (non-hydrogen) atoms. The number of methoxy groups -OCH3 is 1. The van der Waals surface area contributed by atoms with Crippen LogP contribution in [0.1, 0.15) is 21.5 Å². The van der Waals surface area contributed by atoms with E-state index in [0.29, 0.717) is 12.1 Å². The predicted octanol–water partition coefficient (Wildman–Crippen LogP) is 4.33. The van der Waals surface area contributed by atoms with E-state index in [1.54, 1.807) is 25.6 Å². The first-order valence-corrected chi connectivity index (χ1v) is 9.36. The lowest BCUT2D eigenvalue weighted by atomic mass is 10.1. The molecule has 1 heterocycles. The van der Waals surface area contributed by atoms with Crippen molar-refractivity contribution in [1.29, 1.82) is 0 Å². The van der Waals surface area contributed by atoms with Crippen molar-refractivity contribution < 1.29 is 9.53 Å². The molecule has 0 saturated heterocycles. The summed E-state index contributed by atoms with van der Waals surface area (Å²) < 4.78 is 5.13. The minimum absolute atomic E-state index is 0.165. The molecule has 0 unspecified atom stereocenters. The maximum atomic E-state index is 12.4. The van der Waals surface area contributed by atoms with E-state index in [1.807, 2.05) is 48.5 Å². The van der Waals surface area contributed by atoms with Crippen LogP contribution in [0.5, 0.6) is 5.75 Å². The molecule has 144 valence electrons. The fraction of sp³-hybridized carbons (Fsp3) is 0.182. The van der Waals surface area contributed by atoms with Crippen LogP contribution in [0, 0.1) is 0 Å². The standard InChI is InChI=1S/C22H22ClN3O2/c1-28-21-7-5-17(6-8-21)13-26-22(27)18-12-20(15-24-14-18)25-10-9-16-3-2-4-19(23)11-16/h2-8,11-12,14-15,25H,9-10,13H2,1H3,(H,26,27). The number of nitrogens with one attached hydrogen (secondary N) is 2. The van der Waals surface area contributed by atoms with E-state index in [0.717, 1.165) is 40.6 Å². The van der Waals surface area contributed by atoms with Crippen LogP contribution in [0.2, 0.25) is 5.02 Å². The topological polar surface area (TPSA) is 63.2 Å². The van der Waals surface area contributed by atoms with Crippen molar-refractivity contribution in [1.82, 2.24) is 10.3 Å². The number of pyridine rings is 1. The van der Waals surface area contributed by atoms with Gasteiger partial charge in [0.25, 0.3) is 5.91 Å². The molecule has 0 aliphatic carbocycles. The van der Waals surface area contributed by atoms with Crippen LogP contribution in [0.4, 0.5) is 5.69 Å². The SMILES string of the molecule is COc1ccc(CNC(=O)c2cncc(NCCc3cccc(Cl)c3)c2)cc1. The minimum Gasteiger partial charge on any atom is -0.497 e. The first-order valence-electron chi connectivity index (χ1n) is 8.98. The molecule has 1 amide bonds. The van der Waals surface area contributed by atoms with Gasteiger partial charge in [-0.2, -0.15) is 0 Å². The zero-order valence-electron chi connectivity index (χ0n) is 15.6. The number of nitrogens with zero attached hydrogens (tertiary/aromatic N) is 1. The summed E-state index contributed by atoms with van der Waals surface area (Å²) in [5.41, 5.74) is 3.47. The van der Waals surface area contributed by atoms with Crippen molar-refractivity contribution in [3.63, 3.8) is 0 Å². The van der Waals surface area contributed by atoms with Crippen molar-refractivity contribution in [2.75, 3.05) is 19.0 Å². The molecule has 0 aliphatic heterocycles. The molecule has 2 aromatic carbocycles. The van der Waals surface area contributed by atoms with Gasteiger partial charge < -0.3 is 15.4 Å². The number of benzene rings is 2. The minimum atomic E-state index is -0.165. The number of halogens is 1. The zero-order valence-corrected chi connectivity index (χ0v) is 16.4. The van der Waals surface area contributed by atoms with Gasteiger partial charge in [0.1, 0.15) is 5.75 Å². The fourth-order valence-electron chi connectivity index (χ4n) is 2.73. The molecule has 1 aromatic heterocycles. The molecule has 2 N–H and O–H groups in total. The lowest BCUT2D eigenvalue weighted by Crippen LogP contribution is -2.23. The molecule has 0 bridgehead atoms. The van der Waals surface area contributed by atoms with E-state index in [2.05, 4.69) is 15.6 Å². The number of anilines is 1. The van der Waals surface area contributed by atoms with Gasteiger partial charge in [0.15, 0.2) is 0 Å². The van der Waals surface area contributed by atoms with Crippen LogP contribution >= 0.6 is 11.6 Å². The second-order valence-corrected chi connectivity index (χ2v) is 6.74. The second-order valence-electron chi connectivity index (χ2n) is 6.30. The Hall–Kier alpha value is -3.05. The van der Waals surface area contributed by atoms with E-state index >= 15 is 0 Å². The molecule has 0 saturated carbocycles. The number of ether oxygens (including phenoxy) is 1.